The highest BCUT2D eigenvalue weighted by atomic mass is 19.1. The maximum absolute atomic E-state index is 13.3. The summed E-state index contributed by atoms with van der Waals surface area (Å²) in [6, 6.07) is 6.34. The topological polar surface area (TPSA) is 105 Å². The molecule has 0 atom stereocenters. The molecular weight excluding hydrogens is 487 g/mol. The molecule has 9 nitrogen and oxygen atoms in total. The van der Waals surface area contributed by atoms with E-state index in [9.17, 15) is 19.1 Å². The number of hydrogen-bond donors (Lipinski definition) is 2. The molecule has 1 saturated heterocycles. The lowest BCUT2D eigenvalue weighted by atomic mass is 9.84. The van der Waals surface area contributed by atoms with Crippen molar-refractivity contribution in [3.8, 4) is 5.69 Å². The predicted molar refractivity (Wildman–Crippen MR) is 140 cm³/mol. The number of carbonyl (C=O) groups excluding carboxylic acids is 1. The van der Waals surface area contributed by atoms with Crippen molar-refractivity contribution in [1.82, 2.24) is 29.5 Å². The third-order valence-corrected chi connectivity index (χ3v) is 8.56. The fraction of sp³-hybridized carbons (Fsp3) is 0.571. The van der Waals surface area contributed by atoms with Gasteiger partial charge in [0.15, 0.2) is 5.65 Å². The van der Waals surface area contributed by atoms with Crippen LogP contribution in [0, 0.1) is 17.7 Å². The van der Waals surface area contributed by atoms with Crippen molar-refractivity contribution in [2.45, 2.75) is 69.6 Å². The van der Waals surface area contributed by atoms with E-state index in [2.05, 4.69) is 15.4 Å². The van der Waals surface area contributed by atoms with Gasteiger partial charge in [0, 0.05) is 25.0 Å². The van der Waals surface area contributed by atoms with Gasteiger partial charge in [0.1, 0.15) is 17.5 Å². The summed E-state index contributed by atoms with van der Waals surface area (Å²) < 4.78 is 16.2. The van der Waals surface area contributed by atoms with Crippen molar-refractivity contribution in [2.24, 2.45) is 11.8 Å². The molecule has 2 N–H and O–H groups in total. The molecule has 1 aromatic carbocycles. The smallest absolute Gasteiger partial charge is 0.264 e. The molecule has 10 heteroatoms. The Balaban J connectivity index is 1.06. The van der Waals surface area contributed by atoms with Crippen LogP contribution in [-0.4, -0.2) is 66.5 Å². The monoisotopic (exact) mass is 522 g/mol. The third kappa shape index (κ3) is 5.24. The molecular formula is C28H35FN6O3. The average molecular weight is 523 g/mol. The summed E-state index contributed by atoms with van der Waals surface area (Å²) in [5.41, 5.74) is -0.400. The molecule has 2 saturated carbocycles. The number of nitrogens with one attached hydrogen (secondary N) is 1. The van der Waals surface area contributed by atoms with E-state index >= 15 is 0 Å². The summed E-state index contributed by atoms with van der Waals surface area (Å²) in [5.74, 6) is 0.799. The molecule has 2 aromatic heterocycles. The minimum atomic E-state index is -1.09. The highest BCUT2D eigenvalue weighted by Crippen LogP contribution is 2.31. The van der Waals surface area contributed by atoms with Gasteiger partial charge in [-0.25, -0.2) is 14.1 Å². The second-order valence-electron chi connectivity index (χ2n) is 11.4. The van der Waals surface area contributed by atoms with Crippen molar-refractivity contribution in [2.75, 3.05) is 19.6 Å². The van der Waals surface area contributed by atoms with Crippen molar-refractivity contribution >= 4 is 16.9 Å². The van der Waals surface area contributed by atoms with E-state index in [1.165, 1.54) is 46.7 Å². The van der Waals surface area contributed by atoms with E-state index in [1.54, 1.807) is 12.1 Å². The minimum absolute atomic E-state index is 0.0760. The van der Waals surface area contributed by atoms with Crippen molar-refractivity contribution in [1.29, 1.82) is 0 Å². The van der Waals surface area contributed by atoms with Gasteiger partial charge in [-0.2, -0.15) is 5.10 Å². The predicted octanol–water partition coefficient (Wildman–Crippen LogP) is 2.63. The molecule has 2 aliphatic carbocycles. The van der Waals surface area contributed by atoms with Gasteiger partial charge >= 0.3 is 0 Å². The quantitative estimate of drug-likeness (QED) is 0.494. The van der Waals surface area contributed by atoms with Gasteiger partial charge in [-0.3, -0.25) is 14.2 Å². The molecule has 0 spiro atoms. The first kappa shape index (κ1) is 25.2. The SMILES string of the molecule is O=c1c2cnn(-c3ccc(F)cc3)c2ncn1CC1(O)CCN(C(=O)[C@H]2CC[C@@H](NCC3CC3)CC2)CC1. The molecule has 202 valence electrons. The fourth-order valence-corrected chi connectivity index (χ4v) is 5.91. The van der Waals surface area contributed by atoms with E-state index in [0.717, 1.165) is 38.1 Å². The number of nitrogens with zero attached hydrogens (tertiary/aromatic N) is 5. The summed E-state index contributed by atoms with van der Waals surface area (Å²) in [4.78, 5) is 32.7. The van der Waals surface area contributed by atoms with Crippen LogP contribution in [-0.2, 0) is 11.3 Å². The number of rotatable bonds is 7. The number of amides is 1. The van der Waals surface area contributed by atoms with Gasteiger partial charge in [-0.15, -0.1) is 0 Å². The van der Waals surface area contributed by atoms with Gasteiger partial charge in [0.2, 0.25) is 5.91 Å². The summed E-state index contributed by atoms with van der Waals surface area (Å²) >= 11 is 0. The number of likely N-dealkylation sites (tertiary alicyclic amines) is 1. The fourth-order valence-electron chi connectivity index (χ4n) is 5.91. The van der Waals surface area contributed by atoms with Crippen LogP contribution in [0.5, 0.6) is 0 Å². The summed E-state index contributed by atoms with van der Waals surface area (Å²) in [6.07, 6.45) is 10.4. The van der Waals surface area contributed by atoms with E-state index in [0.29, 0.717) is 48.7 Å². The molecule has 0 unspecified atom stereocenters. The Kier molecular flexibility index (Phi) is 6.77. The second-order valence-corrected chi connectivity index (χ2v) is 11.4. The number of aliphatic hydroxyl groups is 1. The average Bonchev–Trinajstić information content (AvgIpc) is 3.66. The van der Waals surface area contributed by atoms with Crippen LogP contribution in [0.15, 0.2) is 41.6 Å². The van der Waals surface area contributed by atoms with E-state index in [1.807, 2.05) is 4.90 Å². The first-order valence-electron chi connectivity index (χ1n) is 13.8. The van der Waals surface area contributed by atoms with E-state index < -0.39 is 5.60 Å². The van der Waals surface area contributed by atoms with Gasteiger partial charge < -0.3 is 15.3 Å². The van der Waals surface area contributed by atoms with Crippen LogP contribution in [0.4, 0.5) is 4.39 Å². The highest BCUT2D eigenvalue weighted by Gasteiger charge is 2.37. The molecule has 6 rings (SSSR count). The Bertz CT molecular complexity index is 1350. The minimum Gasteiger partial charge on any atom is -0.388 e. The normalized spacial score (nSPS) is 23.6. The third-order valence-electron chi connectivity index (χ3n) is 8.56. The van der Waals surface area contributed by atoms with Crippen LogP contribution in [0.1, 0.15) is 51.4 Å². The maximum Gasteiger partial charge on any atom is 0.264 e. The van der Waals surface area contributed by atoms with Crippen LogP contribution in [0.3, 0.4) is 0 Å². The largest absolute Gasteiger partial charge is 0.388 e. The number of benzene rings is 1. The zero-order chi connectivity index (χ0) is 26.3. The van der Waals surface area contributed by atoms with Crippen LogP contribution >= 0.6 is 0 Å². The van der Waals surface area contributed by atoms with Crippen LogP contribution in [0.2, 0.25) is 0 Å². The van der Waals surface area contributed by atoms with Crippen molar-refractivity contribution in [3.05, 3.63) is 53.0 Å². The summed E-state index contributed by atoms with van der Waals surface area (Å²) in [5, 5.41) is 19.6. The Hall–Kier alpha value is -3.11. The van der Waals surface area contributed by atoms with Crippen molar-refractivity contribution in [3.63, 3.8) is 0 Å². The summed E-state index contributed by atoms with van der Waals surface area (Å²) in [6.45, 7) is 2.21. The summed E-state index contributed by atoms with van der Waals surface area (Å²) in [7, 11) is 0. The Labute approximate surface area is 220 Å². The molecule has 3 aromatic rings. The number of fused-ring (bicyclic) bond motifs is 1. The van der Waals surface area contributed by atoms with Gasteiger partial charge in [-0.1, -0.05) is 0 Å². The molecule has 1 amide bonds. The number of carbonyl (C=O) groups is 1. The lowest BCUT2D eigenvalue weighted by molar-refractivity contribution is -0.141. The molecule has 3 heterocycles. The molecule has 3 fully saturated rings. The standard InChI is InChI=1S/C28H35FN6O3/c29-21-5-9-23(10-6-21)35-25-24(16-32-35)27(37)34(18-31-25)17-28(38)11-13-33(14-12-28)26(36)20-3-7-22(8-4-20)30-15-19-1-2-19/h5-6,9-10,16,18-20,22,30,38H,1-4,7-8,11-15,17H2/t20-,22+. The number of hydrogen-bond acceptors (Lipinski definition) is 6. The Morgan fingerprint density at radius 1 is 1.08 bits per heavy atom. The van der Waals surface area contributed by atoms with Gasteiger partial charge in [0.05, 0.1) is 24.0 Å². The van der Waals surface area contributed by atoms with E-state index in [-0.39, 0.29) is 29.7 Å². The second kappa shape index (κ2) is 10.2. The Morgan fingerprint density at radius 3 is 2.47 bits per heavy atom. The first-order chi connectivity index (χ1) is 18.4. The molecule has 1 aliphatic heterocycles. The lowest BCUT2D eigenvalue weighted by Crippen LogP contribution is -2.51. The maximum atomic E-state index is 13.3. The van der Waals surface area contributed by atoms with Crippen LogP contribution in [0.25, 0.3) is 16.7 Å². The lowest BCUT2D eigenvalue weighted by Gasteiger charge is -2.40. The van der Waals surface area contributed by atoms with Gasteiger partial charge in [-0.05, 0) is 88.1 Å². The molecule has 3 aliphatic rings. The van der Waals surface area contributed by atoms with Gasteiger partial charge in [0.25, 0.3) is 5.56 Å². The number of halogens is 1. The first-order valence-corrected chi connectivity index (χ1v) is 13.8. The molecule has 38 heavy (non-hydrogen) atoms. The number of piperidine rings is 1. The van der Waals surface area contributed by atoms with Crippen LogP contribution < -0.4 is 10.9 Å². The molecule has 0 radical (unpaired) electrons. The number of aromatic nitrogens is 4. The van der Waals surface area contributed by atoms with E-state index in [4.69, 9.17) is 0 Å². The highest BCUT2D eigenvalue weighted by molar-refractivity contribution is 5.79. The Morgan fingerprint density at radius 2 is 1.79 bits per heavy atom. The zero-order valence-corrected chi connectivity index (χ0v) is 21.6. The van der Waals surface area contributed by atoms with Crippen molar-refractivity contribution < 1.29 is 14.3 Å². The zero-order valence-electron chi connectivity index (χ0n) is 21.6. The molecule has 0 bridgehead atoms.